The Morgan fingerprint density at radius 2 is 1.56 bits per heavy atom. The third-order valence-electron chi connectivity index (χ3n) is 4.39. The van der Waals surface area contributed by atoms with E-state index in [4.69, 9.17) is 4.74 Å². The molecule has 0 aliphatic carbocycles. The molecule has 0 bridgehead atoms. The third kappa shape index (κ3) is 4.53. The van der Waals surface area contributed by atoms with E-state index in [1.807, 2.05) is 27.7 Å². The molecule has 0 saturated carbocycles. The van der Waals surface area contributed by atoms with Crippen LogP contribution in [0.2, 0.25) is 0 Å². The van der Waals surface area contributed by atoms with Crippen molar-refractivity contribution >= 4 is 29.4 Å². The highest BCUT2D eigenvalue weighted by Gasteiger charge is 2.31. The summed E-state index contributed by atoms with van der Waals surface area (Å²) in [7, 11) is 0. The van der Waals surface area contributed by atoms with E-state index in [-0.39, 0.29) is 48.2 Å². The number of nitrogens with zero attached hydrogens (tertiary/aromatic N) is 2. The van der Waals surface area contributed by atoms with Gasteiger partial charge in [-0.1, -0.05) is 6.07 Å². The monoisotopic (exact) mass is 374 g/mol. The normalized spacial score (nSPS) is 15.4. The van der Waals surface area contributed by atoms with E-state index in [0.717, 1.165) is 4.90 Å². The molecular formula is C20H26N2O5. The van der Waals surface area contributed by atoms with Crippen LogP contribution >= 0.6 is 0 Å². The van der Waals surface area contributed by atoms with Crippen LogP contribution in [0.25, 0.3) is 0 Å². The fourth-order valence-electron chi connectivity index (χ4n) is 3.23. The molecule has 0 radical (unpaired) electrons. The Bertz CT molecular complexity index is 732. The molecule has 1 heterocycles. The summed E-state index contributed by atoms with van der Waals surface area (Å²) in [6.45, 7) is 9.15. The first kappa shape index (κ1) is 20.6. The Morgan fingerprint density at radius 3 is 2.07 bits per heavy atom. The van der Waals surface area contributed by atoms with Crippen molar-refractivity contribution < 1.29 is 23.9 Å². The summed E-state index contributed by atoms with van der Waals surface area (Å²) in [5, 5.41) is 0. The summed E-state index contributed by atoms with van der Waals surface area (Å²) in [4.78, 5) is 51.6. The molecule has 146 valence electrons. The molecule has 7 nitrogen and oxygen atoms in total. The van der Waals surface area contributed by atoms with E-state index in [1.54, 1.807) is 17.0 Å². The molecule has 0 spiro atoms. The molecule has 1 aromatic rings. The number of carbonyl (C=O) groups is 4. The lowest BCUT2D eigenvalue weighted by Crippen LogP contribution is -2.47. The summed E-state index contributed by atoms with van der Waals surface area (Å²) in [5.74, 6) is -1.53. The maximum Gasteiger partial charge on any atom is 0.338 e. The molecule has 1 aliphatic rings. The number of rotatable bonds is 6. The summed E-state index contributed by atoms with van der Waals surface area (Å²) < 4.78 is 5.33. The van der Waals surface area contributed by atoms with Crippen molar-refractivity contribution in [2.75, 3.05) is 4.90 Å². The van der Waals surface area contributed by atoms with Crippen molar-refractivity contribution in [1.29, 1.82) is 0 Å². The number of amides is 3. The van der Waals surface area contributed by atoms with E-state index < -0.39 is 12.1 Å². The van der Waals surface area contributed by atoms with Gasteiger partial charge in [0.25, 0.3) is 5.91 Å². The van der Waals surface area contributed by atoms with Crippen LogP contribution in [0.1, 0.15) is 57.8 Å². The Morgan fingerprint density at radius 1 is 1.00 bits per heavy atom. The van der Waals surface area contributed by atoms with E-state index in [1.165, 1.54) is 19.1 Å². The predicted molar refractivity (Wildman–Crippen MR) is 100 cm³/mol. The van der Waals surface area contributed by atoms with Gasteiger partial charge in [0.1, 0.15) is 0 Å². The van der Waals surface area contributed by atoms with Crippen LogP contribution in [0.3, 0.4) is 0 Å². The maximum atomic E-state index is 12.6. The van der Waals surface area contributed by atoms with Gasteiger partial charge >= 0.3 is 5.97 Å². The van der Waals surface area contributed by atoms with Gasteiger partial charge in [0.15, 0.2) is 6.10 Å². The second kappa shape index (κ2) is 8.33. The van der Waals surface area contributed by atoms with Crippen LogP contribution in [0.15, 0.2) is 24.3 Å². The lowest BCUT2D eigenvalue weighted by Gasteiger charge is -2.32. The number of ether oxygens (including phenoxy) is 1. The first-order valence-corrected chi connectivity index (χ1v) is 9.12. The van der Waals surface area contributed by atoms with Crippen molar-refractivity contribution in [3.8, 4) is 0 Å². The molecule has 1 aliphatic heterocycles. The van der Waals surface area contributed by atoms with Crippen LogP contribution < -0.4 is 4.90 Å². The SMILES string of the molecule is CC(OC(=O)c1cccc(N2C(=O)CCC2=O)c1)C(=O)N(C(C)C)C(C)C. The maximum absolute atomic E-state index is 12.6. The van der Waals surface area contributed by atoms with Crippen molar-refractivity contribution in [2.24, 2.45) is 0 Å². The lowest BCUT2D eigenvalue weighted by molar-refractivity contribution is -0.143. The quantitative estimate of drug-likeness (QED) is 0.564. The van der Waals surface area contributed by atoms with Crippen LogP contribution in [0.4, 0.5) is 5.69 Å². The average Bonchev–Trinajstić information content (AvgIpc) is 2.92. The van der Waals surface area contributed by atoms with E-state index in [0.29, 0.717) is 5.69 Å². The zero-order chi connectivity index (χ0) is 20.3. The minimum absolute atomic E-state index is 0.0193. The molecule has 7 heteroatoms. The number of anilines is 1. The van der Waals surface area contributed by atoms with Crippen LogP contribution in [0.5, 0.6) is 0 Å². The summed E-state index contributed by atoms with van der Waals surface area (Å²) in [6.07, 6.45) is -0.612. The van der Waals surface area contributed by atoms with Crippen LogP contribution in [-0.4, -0.2) is 46.8 Å². The molecule has 2 rings (SSSR count). The van der Waals surface area contributed by atoms with Gasteiger partial charge in [0.2, 0.25) is 11.8 Å². The number of esters is 1. The molecule has 0 aromatic heterocycles. The van der Waals surface area contributed by atoms with Gasteiger partial charge in [-0.2, -0.15) is 0 Å². The minimum Gasteiger partial charge on any atom is -0.449 e. The highest BCUT2D eigenvalue weighted by molar-refractivity contribution is 6.20. The molecule has 1 aromatic carbocycles. The first-order chi connectivity index (χ1) is 12.6. The van der Waals surface area contributed by atoms with Gasteiger partial charge in [-0.3, -0.25) is 19.3 Å². The standard InChI is InChI=1S/C20H26N2O5/c1-12(2)21(13(3)4)19(25)14(5)27-20(26)15-7-6-8-16(11-15)22-17(23)9-10-18(22)24/h6-8,11-14H,9-10H2,1-5H3. The van der Waals surface area contributed by atoms with Crippen molar-refractivity contribution in [3.63, 3.8) is 0 Å². The molecule has 1 fully saturated rings. The van der Waals surface area contributed by atoms with Gasteiger partial charge in [-0.25, -0.2) is 4.79 Å². The van der Waals surface area contributed by atoms with Gasteiger partial charge in [-0.15, -0.1) is 0 Å². The van der Waals surface area contributed by atoms with Gasteiger partial charge < -0.3 is 9.64 Å². The summed E-state index contributed by atoms with van der Waals surface area (Å²) in [6, 6.07) is 6.08. The molecular weight excluding hydrogens is 348 g/mol. The largest absolute Gasteiger partial charge is 0.449 e. The van der Waals surface area contributed by atoms with Crippen LogP contribution in [-0.2, 0) is 19.1 Å². The topological polar surface area (TPSA) is 84.0 Å². The average molecular weight is 374 g/mol. The van der Waals surface area contributed by atoms with Crippen LogP contribution in [0, 0.1) is 0 Å². The Kier molecular flexibility index (Phi) is 6.36. The molecule has 1 saturated heterocycles. The Labute approximate surface area is 159 Å². The fourth-order valence-corrected chi connectivity index (χ4v) is 3.23. The second-order valence-electron chi connectivity index (χ2n) is 7.15. The minimum atomic E-state index is -0.944. The highest BCUT2D eigenvalue weighted by Crippen LogP contribution is 2.24. The number of hydrogen-bond donors (Lipinski definition) is 0. The number of imide groups is 1. The second-order valence-corrected chi connectivity index (χ2v) is 7.15. The van der Waals surface area contributed by atoms with E-state index in [2.05, 4.69) is 0 Å². The van der Waals surface area contributed by atoms with Gasteiger partial charge in [0.05, 0.1) is 11.3 Å². The molecule has 0 N–H and O–H groups in total. The number of hydrogen-bond acceptors (Lipinski definition) is 5. The lowest BCUT2D eigenvalue weighted by atomic mass is 10.1. The van der Waals surface area contributed by atoms with Crippen molar-refractivity contribution in [2.45, 2.75) is 65.6 Å². The Hall–Kier alpha value is -2.70. The zero-order valence-electron chi connectivity index (χ0n) is 16.4. The number of carbonyl (C=O) groups excluding carboxylic acids is 4. The number of benzene rings is 1. The summed E-state index contributed by atoms with van der Waals surface area (Å²) >= 11 is 0. The van der Waals surface area contributed by atoms with Crippen molar-refractivity contribution in [1.82, 2.24) is 4.90 Å². The first-order valence-electron chi connectivity index (χ1n) is 9.12. The summed E-state index contributed by atoms with van der Waals surface area (Å²) in [5.41, 5.74) is 0.516. The third-order valence-corrected chi connectivity index (χ3v) is 4.39. The van der Waals surface area contributed by atoms with E-state index >= 15 is 0 Å². The Balaban J connectivity index is 2.14. The molecule has 27 heavy (non-hydrogen) atoms. The van der Waals surface area contributed by atoms with E-state index in [9.17, 15) is 19.2 Å². The molecule has 1 atom stereocenters. The smallest absolute Gasteiger partial charge is 0.338 e. The molecule has 1 unspecified atom stereocenters. The predicted octanol–water partition coefficient (Wildman–Crippen LogP) is 2.53. The highest BCUT2D eigenvalue weighted by atomic mass is 16.5. The van der Waals surface area contributed by atoms with Gasteiger partial charge in [0, 0.05) is 24.9 Å². The van der Waals surface area contributed by atoms with Gasteiger partial charge in [-0.05, 0) is 52.8 Å². The van der Waals surface area contributed by atoms with Crippen molar-refractivity contribution in [3.05, 3.63) is 29.8 Å². The zero-order valence-corrected chi connectivity index (χ0v) is 16.4. The molecule has 3 amide bonds. The fraction of sp³-hybridized carbons (Fsp3) is 0.500.